The zero-order valence-electron chi connectivity index (χ0n) is 19.5. The first kappa shape index (κ1) is 22.9. The molecule has 0 atom stereocenters. The molecular formula is C26H31N3O4. The van der Waals surface area contributed by atoms with E-state index >= 15 is 0 Å². The van der Waals surface area contributed by atoms with Gasteiger partial charge in [-0.1, -0.05) is 12.1 Å². The van der Waals surface area contributed by atoms with E-state index in [1.54, 1.807) is 23.5 Å². The summed E-state index contributed by atoms with van der Waals surface area (Å²) in [6, 6.07) is 11.8. The Morgan fingerprint density at radius 1 is 1.15 bits per heavy atom. The van der Waals surface area contributed by atoms with Gasteiger partial charge in [0, 0.05) is 50.3 Å². The van der Waals surface area contributed by atoms with Crippen LogP contribution in [0.1, 0.15) is 45.6 Å². The van der Waals surface area contributed by atoms with Crippen LogP contribution in [0, 0.1) is 13.8 Å². The highest BCUT2D eigenvalue weighted by atomic mass is 16.5. The number of rotatable bonds is 7. The van der Waals surface area contributed by atoms with Gasteiger partial charge >= 0.3 is 0 Å². The molecule has 1 fully saturated rings. The molecule has 33 heavy (non-hydrogen) atoms. The Labute approximate surface area is 194 Å². The molecule has 4 rings (SSSR count). The van der Waals surface area contributed by atoms with Crippen LogP contribution in [0.5, 0.6) is 5.75 Å². The van der Waals surface area contributed by atoms with E-state index in [-0.39, 0.29) is 23.1 Å². The van der Waals surface area contributed by atoms with E-state index in [9.17, 15) is 9.59 Å². The molecule has 7 nitrogen and oxygen atoms in total. The van der Waals surface area contributed by atoms with E-state index in [0.717, 1.165) is 48.5 Å². The molecule has 1 aromatic carbocycles. The number of ether oxygens (including phenoxy) is 1. The van der Waals surface area contributed by atoms with Crippen molar-refractivity contribution in [1.82, 2.24) is 14.8 Å². The van der Waals surface area contributed by atoms with Crippen molar-refractivity contribution < 1.29 is 13.9 Å². The first-order chi connectivity index (χ1) is 15.9. The number of pyridine rings is 1. The Morgan fingerprint density at radius 3 is 2.64 bits per heavy atom. The molecule has 3 aromatic rings. The molecule has 1 aliphatic rings. The molecule has 0 unspecified atom stereocenters. The molecule has 0 bridgehead atoms. The molecule has 0 aliphatic carbocycles. The highest BCUT2D eigenvalue weighted by Crippen LogP contribution is 2.22. The lowest BCUT2D eigenvalue weighted by molar-refractivity contribution is 0.0593. The van der Waals surface area contributed by atoms with Crippen LogP contribution in [0.3, 0.4) is 0 Å². The van der Waals surface area contributed by atoms with E-state index in [1.165, 1.54) is 5.56 Å². The number of H-pyrrole nitrogens is 1. The van der Waals surface area contributed by atoms with E-state index in [2.05, 4.69) is 29.1 Å². The van der Waals surface area contributed by atoms with Gasteiger partial charge in [0.25, 0.3) is 11.5 Å². The maximum Gasteiger partial charge on any atom is 0.261 e. The Kier molecular flexibility index (Phi) is 6.99. The first-order valence-corrected chi connectivity index (χ1v) is 11.3. The van der Waals surface area contributed by atoms with E-state index in [4.69, 9.17) is 9.15 Å². The van der Waals surface area contributed by atoms with Gasteiger partial charge in [-0.3, -0.25) is 14.5 Å². The van der Waals surface area contributed by atoms with Crippen LogP contribution in [0.2, 0.25) is 0 Å². The van der Waals surface area contributed by atoms with Crippen molar-refractivity contribution in [2.75, 3.05) is 20.1 Å². The minimum Gasteiger partial charge on any atom is -0.490 e. The third-order valence-electron chi connectivity index (χ3n) is 6.14. The number of likely N-dealkylation sites (tertiary alicyclic amines) is 1. The summed E-state index contributed by atoms with van der Waals surface area (Å²) in [6.07, 6.45) is 4.98. The molecule has 2 aromatic heterocycles. The fraction of sp³-hybridized carbons (Fsp3) is 0.385. The zero-order valence-corrected chi connectivity index (χ0v) is 19.5. The second-order valence-electron chi connectivity index (χ2n) is 8.88. The minimum absolute atomic E-state index is 0.0472. The number of aryl methyl sites for hydroxylation is 2. The fourth-order valence-electron chi connectivity index (χ4n) is 4.20. The summed E-state index contributed by atoms with van der Waals surface area (Å²) in [5, 5.41) is 0. The van der Waals surface area contributed by atoms with Gasteiger partial charge in [-0.25, -0.2) is 0 Å². The third kappa shape index (κ3) is 5.73. The van der Waals surface area contributed by atoms with Gasteiger partial charge in [0.1, 0.15) is 17.4 Å². The number of carbonyl (C=O) groups is 1. The number of aromatic nitrogens is 1. The molecule has 1 aliphatic heterocycles. The van der Waals surface area contributed by atoms with Gasteiger partial charge in [-0.15, -0.1) is 0 Å². The number of carbonyl (C=O) groups excluding carboxylic acids is 1. The number of nitrogens with zero attached hydrogens (tertiary/aromatic N) is 2. The number of aromatic amines is 1. The summed E-state index contributed by atoms with van der Waals surface area (Å²) in [7, 11) is 2.08. The number of furan rings is 1. The number of nitrogens with one attached hydrogen (secondary N) is 1. The summed E-state index contributed by atoms with van der Waals surface area (Å²) in [4.78, 5) is 31.8. The molecule has 1 saturated heterocycles. The summed E-state index contributed by atoms with van der Waals surface area (Å²) in [5.74, 6) is 0.639. The predicted molar refractivity (Wildman–Crippen MR) is 126 cm³/mol. The van der Waals surface area contributed by atoms with Crippen LogP contribution in [0.4, 0.5) is 0 Å². The van der Waals surface area contributed by atoms with E-state index < -0.39 is 0 Å². The second-order valence-corrected chi connectivity index (χ2v) is 8.88. The topological polar surface area (TPSA) is 78.8 Å². The van der Waals surface area contributed by atoms with Gasteiger partial charge in [0.05, 0.1) is 12.5 Å². The highest BCUT2D eigenvalue weighted by Gasteiger charge is 2.26. The van der Waals surface area contributed by atoms with Crippen molar-refractivity contribution in [1.29, 1.82) is 0 Å². The van der Waals surface area contributed by atoms with Crippen molar-refractivity contribution in [3.8, 4) is 5.75 Å². The van der Waals surface area contributed by atoms with Crippen molar-refractivity contribution in [3.63, 3.8) is 0 Å². The maximum absolute atomic E-state index is 12.9. The third-order valence-corrected chi connectivity index (χ3v) is 6.14. The molecular weight excluding hydrogens is 418 g/mol. The monoisotopic (exact) mass is 449 g/mol. The Bertz CT molecular complexity index is 1140. The van der Waals surface area contributed by atoms with Crippen molar-refractivity contribution in [2.45, 2.75) is 45.9 Å². The number of hydrogen-bond acceptors (Lipinski definition) is 5. The lowest BCUT2D eigenvalue weighted by Crippen LogP contribution is -2.43. The average molecular weight is 450 g/mol. The van der Waals surface area contributed by atoms with Crippen LogP contribution in [-0.2, 0) is 13.1 Å². The largest absolute Gasteiger partial charge is 0.490 e. The van der Waals surface area contributed by atoms with Crippen molar-refractivity contribution >= 4 is 5.91 Å². The average Bonchev–Trinajstić information content (AvgIpc) is 3.29. The Hall–Kier alpha value is -3.32. The molecule has 0 radical (unpaired) electrons. The number of piperidine rings is 1. The van der Waals surface area contributed by atoms with Crippen molar-refractivity contribution in [2.24, 2.45) is 0 Å². The second kappa shape index (κ2) is 10.1. The number of hydrogen-bond donors (Lipinski definition) is 1. The molecule has 174 valence electrons. The lowest BCUT2D eigenvalue weighted by atomic mass is 10.1. The first-order valence-electron chi connectivity index (χ1n) is 11.3. The minimum atomic E-state index is -0.323. The highest BCUT2D eigenvalue weighted by molar-refractivity contribution is 5.94. The van der Waals surface area contributed by atoms with E-state index in [1.807, 2.05) is 32.0 Å². The molecule has 0 spiro atoms. The lowest BCUT2D eigenvalue weighted by Gasteiger charge is -2.32. The van der Waals surface area contributed by atoms with Gasteiger partial charge in [0.15, 0.2) is 0 Å². The van der Waals surface area contributed by atoms with Crippen LogP contribution >= 0.6 is 0 Å². The smallest absolute Gasteiger partial charge is 0.261 e. The summed E-state index contributed by atoms with van der Waals surface area (Å²) in [6.45, 7) is 6.50. The standard InChI is InChI=1S/C26H31N3O4/c1-18-13-24(25(30)27-19(18)2)26(31)29-10-7-22(8-11-29)33-23-6-4-5-20(14-23)15-28(3)16-21-9-12-32-17-21/h4-6,9,12-14,17,22H,7-8,10-11,15-16H2,1-3H3,(H,27,30). The molecule has 7 heteroatoms. The van der Waals surface area contributed by atoms with E-state index in [0.29, 0.717) is 13.1 Å². The molecule has 0 saturated carbocycles. The van der Waals surface area contributed by atoms with Gasteiger partial charge in [0.2, 0.25) is 0 Å². The zero-order chi connectivity index (χ0) is 23.4. The van der Waals surface area contributed by atoms with Crippen LogP contribution in [0.15, 0.2) is 58.1 Å². The normalized spacial score (nSPS) is 14.6. The molecule has 1 amide bonds. The Morgan fingerprint density at radius 2 is 1.91 bits per heavy atom. The fourth-order valence-corrected chi connectivity index (χ4v) is 4.20. The van der Waals surface area contributed by atoms with Crippen LogP contribution in [0.25, 0.3) is 0 Å². The maximum atomic E-state index is 12.9. The van der Waals surface area contributed by atoms with Crippen molar-refractivity contribution in [3.05, 3.63) is 87.2 Å². The van der Waals surface area contributed by atoms with Gasteiger partial charge in [-0.05, 0) is 56.3 Å². The Balaban J connectivity index is 1.31. The van der Waals surface area contributed by atoms with Gasteiger partial charge < -0.3 is 19.0 Å². The van der Waals surface area contributed by atoms with Gasteiger partial charge in [-0.2, -0.15) is 0 Å². The predicted octanol–water partition coefficient (Wildman–Crippen LogP) is 3.90. The molecule has 3 heterocycles. The quantitative estimate of drug-likeness (QED) is 0.592. The van der Waals surface area contributed by atoms with Crippen LogP contribution in [-0.4, -0.2) is 46.9 Å². The summed E-state index contributed by atoms with van der Waals surface area (Å²) in [5.41, 5.74) is 3.92. The number of benzene rings is 1. The molecule has 1 N–H and O–H groups in total. The summed E-state index contributed by atoms with van der Waals surface area (Å²) < 4.78 is 11.4. The SMILES string of the molecule is Cc1cc(C(=O)N2CCC(Oc3cccc(CN(C)Cc4ccoc4)c3)CC2)c(=O)[nH]c1C. The number of amides is 1. The van der Waals surface area contributed by atoms with Crippen LogP contribution < -0.4 is 10.3 Å². The summed E-state index contributed by atoms with van der Waals surface area (Å²) >= 11 is 0.